The Bertz CT molecular complexity index is 377. The fourth-order valence-electron chi connectivity index (χ4n) is 1.91. The van der Waals surface area contributed by atoms with Gasteiger partial charge in [-0.15, -0.1) is 0 Å². The molecule has 17 heavy (non-hydrogen) atoms. The molecule has 0 spiro atoms. The predicted molar refractivity (Wildman–Crippen MR) is 72.0 cm³/mol. The molecule has 0 atom stereocenters. The Morgan fingerprint density at radius 3 is 2.47 bits per heavy atom. The highest BCUT2D eigenvalue weighted by Crippen LogP contribution is 2.40. The average molecular weight is 303 g/mol. The van der Waals surface area contributed by atoms with Crippen molar-refractivity contribution < 1.29 is 14.6 Å². The molecule has 0 fully saturated rings. The smallest absolute Gasteiger partial charge is 0.175 e. The van der Waals surface area contributed by atoms with Gasteiger partial charge in [0.25, 0.3) is 0 Å². The molecule has 0 aliphatic carbocycles. The number of aliphatic hydroxyl groups is 1. The summed E-state index contributed by atoms with van der Waals surface area (Å²) in [5.74, 6) is 1.46. The van der Waals surface area contributed by atoms with Gasteiger partial charge in [0.05, 0.1) is 18.7 Å². The van der Waals surface area contributed by atoms with E-state index in [1.807, 2.05) is 6.07 Å². The summed E-state index contributed by atoms with van der Waals surface area (Å²) in [4.78, 5) is 0. The Labute approximate surface area is 111 Å². The monoisotopic (exact) mass is 302 g/mol. The van der Waals surface area contributed by atoms with Gasteiger partial charge in [0.15, 0.2) is 11.5 Å². The van der Waals surface area contributed by atoms with Crippen LogP contribution in [0, 0.1) is 0 Å². The third kappa shape index (κ3) is 3.13. The highest BCUT2D eigenvalue weighted by Gasteiger charge is 2.16. The zero-order chi connectivity index (χ0) is 12.8. The van der Waals surface area contributed by atoms with Crippen molar-refractivity contribution >= 4 is 15.9 Å². The van der Waals surface area contributed by atoms with Gasteiger partial charge in [-0.1, -0.05) is 6.92 Å². The van der Waals surface area contributed by atoms with E-state index in [4.69, 9.17) is 14.6 Å². The minimum Gasteiger partial charge on any atom is -0.493 e. The van der Waals surface area contributed by atoms with Gasteiger partial charge in [0.2, 0.25) is 0 Å². The molecule has 3 nitrogen and oxygen atoms in total. The van der Waals surface area contributed by atoms with Crippen LogP contribution < -0.4 is 9.47 Å². The number of benzene rings is 1. The molecule has 1 rings (SSSR count). The lowest BCUT2D eigenvalue weighted by atomic mass is 10.00. The molecule has 0 aliphatic rings. The molecule has 0 unspecified atom stereocenters. The summed E-state index contributed by atoms with van der Waals surface area (Å²) in [6.07, 6.45) is 2.52. The first-order valence-electron chi connectivity index (χ1n) is 5.72. The van der Waals surface area contributed by atoms with Crippen molar-refractivity contribution in [1.29, 1.82) is 0 Å². The maximum atomic E-state index is 8.92. The number of methoxy groups -OCH3 is 2. The molecule has 1 N–H and O–H groups in total. The largest absolute Gasteiger partial charge is 0.493 e. The second-order valence-electron chi connectivity index (χ2n) is 3.74. The molecule has 0 amide bonds. The zero-order valence-electron chi connectivity index (χ0n) is 10.5. The minimum absolute atomic E-state index is 0.203. The van der Waals surface area contributed by atoms with Crippen LogP contribution in [0.15, 0.2) is 10.5 Å². The predicted octanol–water partition coefficient (Wildman–Crippen LogP) is 2.95. The molecule has 0 aromatic heterocycles. The van der Waals surface area contributed by atoms with Gasteiger partial charge in [-0.05, 0) is 52.4 Å². The fourth-order valence-corrected chi connectivity index (χ4v) is 2.81. The van der Waals surface area contributed by atoms with Crippen LogP contribution in [-0.2, 0) is 12.8 Å². The number of ether oxygens (including phenoxy) is 2. The molecule has 0 bridgehead atoms. The van der Waals surface area contributed by atoms with Crippen molar-refractivity contribution in [2.75, 3.05) is 20.8 Å². The molecular formula is C13H19BrO3. The minimum atomic E-state index is 0.203. The number of aliphatic hydroxyl groups excluding tert-OH is 1. The summed E-state index contributed by atoms with van der Waals surface area (Å²) in [7, 11) is 3.27. The van der Waals surface area contributed by atoms with Crippen LogP contribution in [-0.4, -0.2) is 25.9 Å². The van der Waals surface area contributed by atoms with E-state index < -0.39 is 0 Å². The first kappa shape index (κ1) is 14.3. The molecule has 0 heterocycles. The average Bonchev–Trinajstić information content (AvgIpc) is 2.35. The van der Waals surface area contributed by atoms with Crippen molar-refractivity contribution in [3.63, 3.8) is 0 Å². The second-order valence-corrected chi connectivity index (χ2v) is 4.54. The van der Waals surface area contributed by atoms with Gasteiger partial charge in [0, 0.05) is 6.61 Å². The molecular weight excluding hydrogens is 284 g/mol. The van der Waals surface area contributed by atoms with Crippen molar-refractivity contribution in [3.05, 3.63) is 21.7 Å². The van der Waals surface area contributed by atoms with Crippen LogP contribution in [0.25, 0.3) is 0 Å². The molecule has 0 radical (unpaired) electrons. The molecule has 0 saturated carbocycles. The molecule has 4 heteroatoms. The van der Waals surface area contributed by atoms with Crippen LogP contribution in [0.3, 0.4) is 0 Å². The van der Waals surface area contributed by atoms with E-state index in [-0.39, 0.29) is 6.61 Å². The lowest BCUT2D eigenvalue weighted by molar-refractivity contribution is 0.288. The highest BCUT2D eigenvalue weighted by molar-refractivity contribution is 9.10. The number of hydrogen-bond acceptors (Lipinski definition) is 3. The SMILES string of the molecule is CCc1c(CCCO)cc(OC)c(OC)c1Br. The van der Waals surface area contributed by atoms with Gasteiger partial charge >= 0.3 is 0 Å². The van der Waals surface area contributed by atoms with Gasteiger partial charge in [0.1, 0.15) is 0 Å². The van der Waals surface area contributed by atoms with Crippen molar-refractivity contribution in [3.8, 4) is 11.5 Å². The topological polar surface area (TPSA) is 38.7 Å². The Balaban J connectivity index is 3.24. The first-order chi connectivity index (χ1) is 8.19. The van der Waals surface area contributed by atoms with Crippen LogP contribution in [0.1, 0.15) is 24.5 Å². The Kier molecular flexibility index (Phi) is 5.78. The van der Waals surface area contributed by atoms with Gasteiger partial charge < -0.3 is 14.6 Å². The lowest BCUT2D eigenvalue weighted by Crippen LogP contribution is -2.01. The van der Waals surface area contributed by atoms with Crippen LogP contribution in [0.5, 0.6) is 11.5 Å². The van der Waals surface area contributed by atoms with E-state index in [0.29, 0.717) is 0 Å². The van der Waals surface area contributed by atoms with E-state index in [1.165, 1.54) is 11.1 Å². The quantitative estimate of drug-likeness (QED) is 0.878. The number of aryl methyl sites for hydroxylation is 1. The Hall–Kier alpha value is -0.740. The summed E-state index contributed by atoms with van der Waals surface area (Å²) in [5.41, 5.74) is 2.42. The van der Waals surface area contributed by atoms with Gasteiger partial charge in [-0.25, -0.2) is 0 Å². The number of halogens is 1. The summed E-state index contributed by atoms with van der Waals surface area (Å²) in [6.45, 7) is 2.31. The standard InChI is InChI=1S/C13H19BrO3/c1-4-10-9(6-5-7-15)8-11(16-2)13(17-3)12(10)14/h8,15H,4-7H2,1-3H3. The second kappa shape index (κ2) is 6.87. The Morgan fingerprint density at radius 2 is 2.00 bits per heavy atom. The molecule has 96 valence electrons. The molecule has 1 aromatic carbocycles. The summed E-state index contributed by atoms with van der Waals surface area (Å²) >= 11 is 3.57. The van der Waals surface area contributed by atoms with Crippen molar-refractivity contribution in [1.82, 2.24) is 0 Å². The van der Waals surface area contributed by atoms with E-state index in [2.05, 4.69) is 22.9 Å². The van der Waals surface area contributed by atoms with Gasteiger partial charge in [-0.2, -0.15) is 0 Å². The maximum Gasteiger partial charge on any atom is 0.175 e. The van der Waals surface area contributed by atoms with Crippen LogP contribution in [0.4, 0.5) is 0 Å². The van der Waals surface area contributed by atoms with E-state index >= 15 is 0 Å². The van der Waals surface area contributed by atoms with E-state index in [1.54, 1.807) is 14.2 Å². The third-order valence-corrected chi connectivity index (χ3v) is 3.60. The summed E-state index contributed by atoms with van der Waals surface area (Å²) in [5, 5.41) is 8.92. The fraction of sp³-hybridized carbons (Fsp3) is 0.538. The zero-order valence-corrected chi connectivity index (χ0v) is 12.1. The molecule has 1 aromatic rings. The molecule has 0 aliphatic heterocycles. The number of hydrogen-bond donors (Lipinski definition) is 1. The third-order valence-electron chi connectivity index (χ3n) is 2.76. The van der Waals surface area contributed by atoms with Crippen LogP contribution in [0.2, 0.25) is 0 Å². The Morgan fingerprint density at radius 1 is 1.29 bits per heavy atom. The summed E-state index contributed by atoms with van der Waals surface area (Å²) in [6, 6.07) is 2.00. The van der Waals surface area contributed by atoms with E-state index in [0.717, 1.165) is 35.2 Å². The first-order valence-corrected chi connectivity index (χ1v) is 6.51. The highest BCUT2D eigenvalue weighted by atomic mass is 79.9. The lowest BCUT2D eigenvalue weighted by Gasteiger charge is -2.16. The maximum absolute atomic E-state index is 8.92. The van der Waals surface area contributed by atoms with Crippen molar-refractivity contribution in [2.45, 2.75) is 26.2 Å². The van der Waals surface area contributed by atoms with E-state index in [9.17, 15) is 0 Å². The molecule has 0 saturated heterocycles. The summed E-state index contributed by atoms with van der Waals surface area (Å²) < 4.78 is 11.6. The van der Waals surface area contributed by atoms with Gasteiger partial charge in [-0.3, -0.25) is 0 Å². The van der Waals surface area contributed by atoms with Crippen LogP contribution >= 0.6 is 15.9 Å². The number of rotatable bonds is 6. The normalized spacial score (nSPS) is 10.4. The van der Waals surface area contributed by atoms with Crippen molar-refractivity contribution in [2.24, 2.45) is 0 Å².